The van der Waals surface area contributed by atoms with Crippen molar-refractivity contribution in [3.8, 4) is 0 Å². The van der Waals surface area contributed by atoms with Crippen LogP contribution in [0.25, 0.3) is 0 Å². The van der Waals surface area contributed by atoms with Gasteiger partial charge < -0.3 is 5.32 Å². The van der Waals surface area contributed by atoms with Crippen LogP contribution in [0.5, 0.6) is 0 Å². The van der Waals surface area contributed by atoms with Crippen LogP contribution in [-0.2, 0) is 0 Å². The molecule has 0 amide bonds. The zero-order valence-corrected chi connectivity index (χ0v) is 8.65. The topological polar surface area (TPSA) is 27.1 Å². The third-order valence-electron chi connectivity index (χ3n) is 3.18. The molecule has 6 heteroatoms. The van der Waals surface area contributed by atoms with E-state index in [0.29, 0.717) is 16.9 Å². The van der Waals surface area contributed by atoms with Crippen molar-refractivity contribution in [1.29, 1.82) is 0 Å². The van der Waals surface area contributed by atoms with E-state index in [9.17, 15) is 8.78 Å². The summed E-state index contributed by atoms with van der Waals surface area (Å²) in [5, 5.41) is 6.55. The van der Waals surface area contributed by atoms with Crippen molar-refractivity contribution in [3.05, 3.63) is 0 Å². The maximum Gasteiger partial charge on any atom is 0.261 e. The largest absolute Gasteiger partial charge is 0.306 e. The standard InChI is InChI=1S/C8H13F2N3S/c1-11-7-13-5(6(13)14-7)4-2-8(9,10)3-12-4/h4-7,11-12H,2-3H2,1H3/t4-,5?,6?,7?,13?/m1/s1. The Labute approximate surface area is 85.6 Å². The molecule has 14 heavy (non-hydrogen) atoms. The van der Waals surface area contributed by atoms with E-state index in [1.807, 2.05) is 18.8 Å². The van der Waals surface area contributed by atoms with Gasteiger partial charge in [-0.05, 0) is 7.05 Å². The van der Waals surface area contributed by atoms with Gasteiger partial charge in [-0.2, -0.15) is 0 Å². The number of alkyl halides is 2. The van der Waals surface area contributed by atoms with Crippen molar-refractivity contribution in [3.63, 3.8) is 0 Å². The number of rotatable bonds is 2. The zero-order chi connectivity index (χ0) is 9.92. The summed E-state index contributed by atoms with van der Waals surface area (Å²) >= 11 is 1.83. The lowest BCUT2D eigenvalue weighted by Crippen LogP contribution is -2.39. The van der Waals surface area contributed by atoms with Crippen molar-refractivity contribution in [2.24, 2.45) is 0 Å². The fourth-order valence-electron chi connectivity index (χ4n) is 2.44. The smallest absolute Gasteiger partial charge is 0.261 e. The minimum absolute atomic E-state index is 0.00165. The van der Waals surface area contributed by atoms with Crippen LogP contribution < -0.4 is 10.6 Å². The lowest BCUT2D eigenvalue weighted by atomic mass is 10.1. The van der Waals surface area contributed by atoms with E-state index in [0.717, 1.165) is 0 Å². The Morgan fingerprint density at radius 2 is 2.36 bits per heavy atom. The molecule has 2 N–H and O–H groups in total. The molecule has 3 aliphatic heterocycles. The molecule has 3 nitrogen and oxygen atoms in total. The van der Waals surface area contributed by atoms with Gasteiger partial charge in [0.2, 0.25) is 0 Å². The van der Waals surface area contributed by atoms with E-state index in [1.165, 1.54) is 0 Å². The van der Waals surface area contributed by atoms with Crippen molar-refractivity contribution in [1.82, 2.24) is 15.5 Å². The first kappa shape index (κ1) is 9.33. The fraction of sp³-hybridized carbons (Fsp3) is 1.00. The van der Waals surface area contributed by atoms with Gasteiger partial charge in [-0.1, -0.05) is 0 Å². The van der Waals surface area contributed by atoms with Crippen LogP contribution in [0.15, 0.2) is 0 Å². The van der Waals surface area contributed by atoms with E-state index in [-0.39, 0.29) is 19.0 Å². The Kier molecular flexibility index (Phi) is 1.87. The van der Waals surface area contributed by atoms with Crippen molar-refractivity contribution in [2.45, 2.75) is 35.3 Å². The molecule has 0 aromatic carbocycles. The van der Waals surface area contributed by atoms with E-state index < -0.39 is 5.92 Å². The Morgan fingerprint density at radius 3 is 2.86 bits per heavy atom. The molecular formula is C8H13F2N3S. The maximum atomic E-state index is 12.9. The van der Waals surface area contributed by atoms with Gasteiger partial charge in [0.15, 0.2) is 0 Å². The molecule has 0 bridgehead atoms. The molecule has 80 valence electrons. The molecule has 3 rings (SSSR count). The number of thioether (sulfide) groups is 1. The maximum absolute atomic E-state index is 12.9. The molecular weight excluding hydrogens is 208 g/mol. The van der Waals surface area contributed by atoms with Crippen molar-refractivity contribution in [2.75, 3.05) is 13.6 Å². The molecule has 0 aromatic heterocycles. The lowest BCUT2D eigenvalue weighted by molar-refractivity contribution is 0.0207. The van der Waals surface area contributed by atoms with Crippen LogP contribution in [0.2, 0.25) is 0 Å². The molecule has 0 aliphatic carbocycles. The summed E-state index contributed by atoms with van der Waals surface area (Å²) < 4.78 is 25.9. The second-order valence-corrected chi connectivity index (χ2v) is 5.35. The van der Waals surface area contributed by atoms with Gasteiger partial charge in [-0.25, -0.2) is 8.78 Å². The first-order valence-corrected chi connectivity index (χ1v) is 5.78. The minimum Gasteiger partial charge on any atom is -0.306 e. The zero-order valence-electron chi connectivity index (χ0n) is 7.84. The van der Waals surface area contributed by atoms with Crippen LogP contribution in [0.4, 0.5) is 8.78 Å². The highest BCUT2D eigenvalue weighted by atomic mass is 32.2. The van der Waals surface area contributed by atoms with Crippen LogP contribution in [0, 0.1) is 0 Å². The molecule has 5 atom stereocenters. The van der Waals surface area contributed by atoms with E-state index in [1.54, 1.807) is 0 Å². The highest BCUT2D eigenvalue weighted by Crippen LogP contribution is 2.55. The number of nitrogens with zero attached hydrogens (tertiary/aromatic N) is 1. The van der Waals surface area contributed by atoms with Crippen molar-refractivity contribution >= 4 is 11.8 Å². The lowest BCUT2D eigenvalue weighted by Gasteiger charge is -2.25. The number of fused-ring (bicyclic) bond motifs is 1. The molecule has 4 unspecified atom stereocenters. The Morgan fingerprint density at radius 1 is 1.57 bits per heavy atom. The Hall–Kier alpha value is 0.0900. The third kappa shape index (κ3) is 1.21. The number of hydrogen-bond acceptors (Lipinski definition) is 4. The average Bonchev–Trinajstić information content (AvgIpc) is 2.49. The Bertz CT molecular complexity index is 263. The second kappa shape index (κ2) is 2.81. The number of hydrogen-bond donors (Lipinski definition) is 2. The highest BCUT2D eigenvalue weighted by molar-refractivity contribution is 8.02. The molecule has 3 heterocycles. The number of halogens is 2. The molecule has 0 aromatic rings. The van der Waals surface area contributed by atoms with Gasteiger partial charge >= 0.3 is 0 Å². The molecule has 3 fully saturated rings. The van der Waals surface area contributed by atoms with Crippen molar-refractivity contribution < 1.29 is 8.78 Å². The normalized spacial score (nSPS) is 53.8. The van der Waals surface area contributed by atoms with E-state index in [2.05, 4.69) is 15.5 Å². The summed E-state index contributed by atoms with van der Waals surface area (Å²) in [4.78, 5) is 2.25. The molecule has 0 spiro atoms. The van der Waals surface area contributed by atoms with Gasteiger partial charge in [0.05, 0.1) is 18.0 Å². The highest BCUT2D eigenvalue weighted by Gasteiger charge is 2.65. The summed E-state index contributed by atoms with van der Waals surface area (Å²) in [5.74, 6) is -2.49. The second-order valence-electron chi connectivity index (χ2n) is 4.15. The summed E-state index contributed by atoms with van der Waals surface area (Å²) in [6.45, 7) is -0.149. The van der Waals surface area contributed by atoms with Crippen LogP contribution in [0.3, 0.4) is 0 Å². The predicted octanol–water partition coefficient (Wildman–Crippen LogP) is 0.244. The fourth-order valence-corrected chi connectivity index (χ4v) is 3.88. The number of nitrogens with one attached hydrogen (secondary N) is 2. The first-order chi connectivity index (χ1) is 6.62. The van der Waals surface area contributed by atoms with Crippen LogP contribution in [-0.4, -0.2) is 47.4 Å². The first-order valence-electron chi connectivity index (χ1n) is 4.84. The summed E-state index contributed by atoms with van der Waals surface area (Å²) in [7, 11) is 1.90. The molecule has 3 saturated heterocycles. The quantitative estimate of drug-likeness (QED) is 0.653. The summed E-state index contributed by atoms with van der Waals surface area (Å²) in [6, 6.07) is 0.312. The van der Waals surface area contributed by atoms with Crippen LogP contribution >= 0.6 is 11.8 Å². The summed E-state index contributed by atoms with van der Waals surface area (Å²) in [6.07, 6.45) is 0.00165. The average molecular weight is 221 g/mol. The van der Waals surface area contributed by atoms with E-state index >= 15 is 0 Å². The third-order valence-corrected chi connectivity index (χ3v) is 4.72. The van der Waals surface area contributed by atoms with Gasteiger partial charge in [0, 0.05) is 12.5 Å². The van der Waals surface area contributed by atoms with Gasteiger partial charge in [-0.15, -0.1) is 11.8 Å². The SMILES string of the molecule is CNC1SC2C([C@H]3CC(F)(F)CN3)N12. The Balaban J connectivity index is 1.60. The summed E-state index contributed by atoms with van der Waals surface area (Å²) in [5.41, 5.74) is 0.348. The van der Waals surface area contributed by atoms with Gasteiger partial charge in [0.25, 0.3) is 5.92 Å². The van der Waals surface area contributed by atoms with Crippen LogP contribution in [0.1, 0.15) is 6.42 Å². The molecule has 0 saturated carbocycles. The monoisotopic (exact) mass is 221 g/mol. The predicted molar refractivity (Wildman–Crippen MR) is 51.2 cm³/mol. The molecule has 0 radical (unpaired) electrons. The van der Waals surface area contributed by atoms with Gasteiger partial charge in [-0.3, -0.25) is 10.2 Å². The van der Waals surface area contributed by atoms with E-state index in [4.69, 9.17) is 0 Å². The molecule has 3 aliphatic rings. The minimum atomic E-state index is -2.49. The van der Waals surface area contributed by atoms with Gasteiger partial charge in [0.1, 0.15) is 5.50 Å².